The van der Waals surface area contributed by atoms with Crippen molar-refractivity contribution in [1.82, 2.24) is 10.2 Å². The van der Waals surface area contributed by atoms with Crippen molar-refractivity contribution >= 4 is 39.3 Å². The van der Waals surface area contributed by atoms with Gasteiger partial charge in [0.15, 0.2) is 6.61 Å². The minimum absolute atomic E-state index is 0.137. The van der Waals surface area contributed by atoms with Gasteiger partial charge in [-0.15, -0.1) is 0 Å². The molecule has 1 saturated carbocycles. The number of benzene rings is 2. The summed E-state index contributed by atoms with van der Waals surface area (Å²) in [5.41, 5.74) is 1.88. The first kappa shape index (κ1) is 23.6. The molecule has 0 unspecified atom stereocenters. The molecule has 1 aliphatic carbocycles. The van der Waals surface area contributed by atoms with Gasteiger partial charge in [0.1, 0.15) is 11.8 Å². The highest BCUT2D eigenvalue weighted by atomic mass is 79.9. The zero-order valence-electron chi connectivity index (χ0n) is 17.9. The van der Waals surface area contributed by atoms with Crippen molar-refractivity contribution in [2.45, 2.75) is 58.2 Å². The van der Waals surface area contributed by atoms with E-state index in [0.717, 1.165) is 41.3 Å². The number of hydrogen-bond acceptors (Lipinski definition) is 3. The molecule has 166 valence electrons. The van der Waals surface area contributed by atoms with Gasteiger partial charge in [0, 0.05) is 22.1 Å². The Morgan fingerprint density at radius 3 is 2.65 bits per heavy atom. The van der Waals surface area contributed by atoms with Crippen LogP contribution >= 0.6 is 27.5 Å². The van der Waals surface area contributed by atoms with Gasteiger partial charge in [-0.3, -0.25) is 9.59 Å². The normalized spacial score (nSPS) is 14.8. The van der Waals surface area contributed by atoms with E-state index >= 15 is 0 Å². The molecule has 0 aliphatic heterocycles. The number of hydrogen-bond donors (Lipinski definition) is 1. The summed E-state index contributed by atoms with van der Waals surface area (Å²) in [6.45, 7) is 3.85. The van der Waals surface area contributed by atoms with Gasteiger partial charge in [-0.05, 0) is 68.1 Å². The van der Waals surface area contributed by atoms with Crippen molar-refractivity contribution in [1.29, 1.82) is 0 Å². The molecule has 0 heterocycles. The van der Waals surface area contributed by atoms with E-state index in [9.17, 15) is 9.59 Å². The molecule has 2 amide bonds. The number of rotatable bonds is 8. The van der Waals surface area contributed by atoms with Crippen LogP contribution in [0.4, 0.5) is 0 Å². The van der Waals surface area contributed by atoms with Gasteiger partial charge in [-0.25, -0.2) is 0 Å². The van der Waals surface area contributed by atoms with E-state index in [1.165, 1.54) is 0 Å². The topological polar surface area (TPSA) is 58.6 Å². The van der Waals surface area contributed by atoms with Crippen molar-refractivity contribution < 1.29 is 14.3 Å². The van der Waals surface area contributed by atoms with E-state index in [2.05, 4.69) is 21.2 Å². The zero-order valence-corrected chi connectivity index (χ0v) is 20.2. The second kappa shape index (κ2) is 11.0. The third-order valence-electron chi connectivity index (χ3n) is 5.60. The molecule has 3 rings (SSSR count). The lowest BCUT2D eigenvalue weighted by Gasteiger charge is -2.29. The molecular formula is C24H28BrClN2O3. The lowest BCUT2D eigenvalue weighted by molar-refractivity contribution is -0.142. The van der Waals surface area contributed by atoms with E-state index in [0.29, 0.717) is 10.8 Å². The maximum atomic E-state index is 13.1. The fraction of sp³-hybridized carbons (Fsp3) is 0.417. The third kappa shape index (κ3) is 6.71. The van der Waals surface area contributed by atoms with Gasteiger partial charge in [-0.2, -0.15) is 0 Å². The largest absolute Gasteiger partial charge is 0.484 e. The highest BCUT2D eigenvalue weighted by Crippen LogP contribution is 2.22. The van der Waals surface area contributed by atoms with E-state index in [1.54, 1.807) is 17.9 Å². The SMILES string of the molecule is Cc1cc(OCC(=O)N(Cc2cccc(Cl)c2)[C@H](C)C(=O)NC2CCCC2)ccc1Br. The maximum Gasteiger partial charge on any atom is 0.261 e. The van der Waals surface area contributed by atoms with Crippen molar-refractivity contribution in [3.63, 3.8) is 0 Å². The average molecular weight is 508 g/mol. The van der Waals surface area contributed by atoms with Crippen LogP contribution in [0.1, 0.15) is 43.7 Å². The van der Waals surface area contributed by atoms with Crippen LogP contribution in [0.25, 0.3) is 0 Å². The standard InChI is InChI=1S/C24H28BrClN2O3/c1-16-12-21(10-11-22(16)25)31-15-23(29)28(14-18-6-5-7-19(26)13-18)17(2)24(30)27-20-8-3-4-9-20/h5-7,10-13,17,20H,3-4,8-9,14-15H2,1-2H3,(H,27,30)/t17-/m1/s1. The highest BCUT2D eigenvalue weighted by molar-refractivity contribution is 9.10. The summed E-state index contributed by atoms with van der Waals surface area (Å²) < 4.78 is 6.72. The summed E-state index contributed by atoms with van der Waals surface area (Å²) in [4.78, 5) is 27.6. The lowest BCUT2D eigenvalue weighted by atomic mass is 10.1. The smallest absolute Gasteiger partial charge is 0.261 e. The zero-order chi connectivity index (χ0) is 22.4. The van der Waals surface area contributed by atoms with E-state index in [4.69, 9.17) is 16.3 Å². The minimum atomic E-state index is -0.623. The van der Waals surface area contributed by atoms with Crippen LogP contribution in [0.5, 0.6) is 5.75 Å². The third-order valence-corrected chi connectivity index (χ3v) is 6.73. The molecule has 1 N–H and O–H groups in total. The summed E-state index contributed by atoms with van der Waals surface area (Å²) in [6, 6.07) is 12.5. The van der Waals surface area contributed by atoms with Crippen molar-refractivity contribution in [2.24, 2.45) is 0 Å². The first-order valence-electron chi connectivity index (χ1n) is 10.6. The summed E-state index contributed by atoms with van der Waals surface area (Å²) in [6.07, 6.45) is 4.25. The molecule has 1 fully saturated rings. The van der Waals surface area contributed by atoms with Crippen LogP contribution in [0.15, 0.2) is 46.9 Å². The predicted octanol–water partition coefficient (Wildman–Crippen LogP) is 5.27. The number of nitrogens with one attached hydrogen (secondary N) is 1. The fourth-order valence-electron chi connectivity index (χ4n) is 3.74. The molecule has 31 heavy (non-hydrogen) atoms. The van der Waals surface area contributed by atoms with E-state index in [-0.39, 0.29) is 31.0 Å². The van der Waals surface area contributed by atoms with Gasteiger partial charge in [0.2, 0.25) is 5.91 Å². The minimum Gasteiger partial charge on any atom is -0.484 e. The Kier molecular flexibility index (Phi) is 8.38. The molecule has 0 bridgehead atoms. The first-order chi connectivity index (χ1) is 14.8. The van der Waals surface area contributed by atoms with Crippen molar-refractivity contribution in [3.05, 3.63) is 63.1 Å². The number of carbonyl (C=O) groups is 2. The van der Waals surface area contributed by atoms with Crippen LogP contribution in [0, 0.1) is 6.92 Å². The Labute approximate surface area is 197 Å². The van der Waals surface area contributed by atoms with E-state index in [1.807, 2.05) is 43.3 Å². The van der Waals surface area contributed by atoms with Crippen LogP contribution in [0.2, 0.25) is 5.02 Å². The molecule has 1 aliphatic rings. The summed E-state index contributed by atoms with van der Waals surface area (Å²) in [5.74, 6) is 0.219. The molecule has 2 aromatic carbocycles. The van der Waals surface area contributed by atoms with Gasteiger partial charge >= 0.3 is 0 Å². The number of aryl methyl sites for hydroxylation is 1. The van der Waals surface area contributed by atoms with Crippen molar-refractivity contribution in [3.8, 4) is 5.75 Å². The Balaban J connectivity index is 1.72. The monoisotopic (exact) mass is 506 g/mol. The Hall–Kier alpha value is -2.05. The lowest BCUT2D eigenvalue weighted by Crippen LogP contribution is -2.50. The van der Waals surface area contributed by atoms with Gasteiger partial charge in [0.25, 0.3) is 5.91 Å². The molecule has 0 radical (unpaired) electrons. The molecule has 5 nitrogen and oxygen atoms in total. The fourth-order valence-corrected chi connectivity index (χ4v) is 4.20. The second-order valence-corrected chi connectivity index (χ2v) is 9.31. The highest BCUT2D eigenvalue weighted by Gasteiger charge is 2.28. The molecule has 0 saturated heterocycles. The first-order valence-corrected chi connectivity index (χ1v) is 11.7. The molecular weight excluding hydrogens is 480 g/mol. The number of halogens is 2. The molecule has 0 spiro atoms. The summed E-state index contributed by atoms with van der Waals surface area (Å²) in [5, 5.41) is 3.69. The van der Waals surface area contributed by atoms with Gasteiger partial charge < -0.3 is 15.0 Å². The number of nitrogens with zero attached hydrogens (tertiary/aromatic N) is 1. The van der Waals surface area contributed by atoms with E-state index < -0.39 is 6.04 Å². The number of amides is 2. The quantitative estimate of drug-likeness (QED) is 0.530. The van der Waals surface area contributed by atoms with Gasteiger partial charge in [0.05, 0.1) is 0 Å². The second-order valence-electron chi connectivity index (χ2n) is 8.02. The maximum absolute atomic E-state index is 13.1. The Morgan fingerprint density at radius 2 is 1.97 bits per heavy atom. The van der Waals surface area contributed by atoms with Crippen molar-refractivity contribution in [2.75, 3.05) is 6.61 Å². The molecule has 2 aromatic rings. The Morgan fingerprint density at radius 1 is 1.23 bits per heavy atom. The number of ether oxygens (including phenoxy) is 1. The molecule has 0 aromatic heterocycles. The number of carbonyl (C=O) groups excluding carboxylic acids is 2. The molecule has 7 heteroatoms. The van der Waals surface area contributed by atoms with Crippen LogP contribution in [-0.2, 0) is 16.1 Å². The Bertz CT molecular complexity index is 931. The summed E-state index contributed by atoms with van der Waals surface area (Å²) in [7, 11) is 0. The van der Waals surface area contributed by atoms with Crippen LogP contribution < -0.4 is 10.1 Å². The van der Waals surface area contributed by atoms with Crippen LogP contribution in [0.3, 0.4) is 0 Å². The summed E-state index contributed by atoms with van der Waals surface area (Å²) >= 11 is 9.58. The predicted molar refractivity (Wildman–Crippen MR) is 126 cm³/mol. The van der Waals surface area contributed by atoms with Gasteiger partial charge in [-0.1, -0.05) is 52.5 Å². The average Bonchev–Trinajstić information content (AvgIpc) is 3.25. The molecule has 1 atom stereocenters. The van der Waals surface area contributed by atoms with Crippen LogP contribution in [-0.4, -0.2) is 35.4 Å².